The molecular weight excluding hydrogens is 264 g/mol. The molecule has 0 aromatic rings. The minimum Gasteiger partial charge on any atom is -0.444 e. The minimum atomic E-state index is -0.925. The third kappa shape index (κ3) is 2.86. The fraction of sp³-hybridized carbons (Fsp3) is 0.833. The highest BCUT2D eigenvalue weighted by molar-refractivity contribution is 5.85. The van der Waals surface area contributed by atoms with E-state index in [1.54, 1.807) is 20.8 Å². The van der Waals surface area contributed by atoms with E-state index >= 15 is 0 Å². The summed E-state index contributed by atoms with van der Waals surface area (Å²) in [7, 11) is 0. The van der Waals surface area contributed by atoms with Gasteiger partial charge >= 0.3 is 6.09 Å². The molecule has 2 heterocycles. The Morgan fingerprint density at radius 3 is 2.80 bits per heavy atom. The maximum atomic E-state index is 12.1. The first kappa shape index (κ1) is 14.6. The van der Waals surface area contributed by atoms with Crippen molar-refractivity contribution in [1.82, 2.24) is 4.90 Å². The Kier molecular flexibility index (Phi) is 3.62. The summed E-state index contributed by atoms with van der Waals surface area (Å²) in [5, 5.41) is 3.17. The van der Waals surface area contributed by atoms with Crippen LogP contribution < -0.4 is 0 Å². The highest BCUT2D eigenvalue weighted by Gasteiger charge is 2.52. The second-order valence-corrected chi connectivity index (χ2v) is 6.27. The van der Waals surface area contributed by atoms with E-state index in [2.05, 4.69) is 10.0 Å². The predicted molar refractivity (Wildman–Crippen MR) is 68.8 cm³/mol. The summed E-state index contributed by atoms with van der Waals surface area (Å²) in [6, 6.07) is 0. The number of carbonyl (C=O) groups excluding carboxylic acids is 2. The Labute approximate surface area is 116 Å². The summed E-state index contributed by atoms with van der Waals surface area (Å²) in [4.78, 5) is 28.0. The van der Waals surface area contributed by atoms with Crippen molar-refractivity contribution in [2.45, 2.75) is 38.9 Å². The van der Waals surface area contributed by atoms with Gasteiger partial charge in [-0.3, -0.25) is 4.79 Å². The lowest BCUT2D eigenvalue weighted by molar-refractivity contribution is -0.128. The van der Waals surface area contributed by atoms with Crippen molar-refractivity contribution in [2.75, 3.05) is 19.7 Å². The van der Waals surface area contributed by atoms with Crippen LogP contribution in [0.2, 0.25) is 0 Å². The maximum absolute atomic E-state index is 12.1. The summed E-state index contributed by atoms with van der Waals surface area (Å²) in [6.45, 7) is 6.06. The number of azide groups is 1. The molecular formula is C12H18N4O4. The van der Waals surface area contributed by atoms with Crippen molar-refractivity contribution in [1.29, 1.82) is 0 Å². The van der Waals surface area contributed by atoms with Gasteiger partial charge in [-0.15, -0.1) is 0 Å². The average molecular weight is 282 g/mol. The van der Waals surface area contributed by atoms with Crippen LogP contribution in [0, 0.1) is 5.41 Å². The van der Waals surface area contributed by atoms with Gasteiger partial charge in [0.25, 0.3) is 0 Å². The van der Waals surface area contributed by atoms with E-state index in [1.807, 2.05) is 0 Å². The van der Waals surface area contributed by atoms with E-state index in [0.29, 0.717) is 13.0 Å². The Balaban J connectivity index is 2.14. The van der Waals surface area contributed by atoms with Gasteiger partial charge in [0.15, 0.2) is 0 Å². The van der Waals surface area contributed by atoms with Gasteiger partial charge in [-0.2, -0.15) is 0 Å². The molecule has 2 aliphatic rings. The van der Waals surface area contributed by atoms with Crippen LogP contribution in [0.1, 0.15) is 27.2 Å². The number of hydrogen-bond acceptors (Lipinski definition) is 4. The highest BCUT2D eigenvalue weighted by Crippen LogP contribution is 2.39. The number of ether oxygens (including phenoxy) is 2. The topological polar surface area (TPSA) is 105 Å². The molecule has 2 amide bonds. The van der Waals surface area contributed by atoms with Gasteiger partial charge in [-0.05, 0) is 37.8 Å². The van der Waals surface area contributed by atoms with Gasteiger partial charge in [0, 0.05) is 11.5 Å². The number of nitrogens with zero attached hydrogens (tertiary/aromatic N) is 4. The maximum Gasteiger partial charge on any atom is 0.410 e. The van der Waals surface area contributed by atoms with Gasteiger partial charge in [-0.25, -0.2) is 4.79 Å². The molecule has 110 valence electrons. The first-order valence-corrected chi connectivity index (χ1v) is 6.45. The Morgan fingerprint density at radius 1 is 1.50 bits per heavy atom. The second-order valence-electron chi connectivity index (χ2n) is 6.27. The zero-order valence-electron chi connectivity index (χ0n) is 11.8. The summed E-state index contributed by atoms with van der Waals surface area (Å²) < 4.78 is 10.8. The summed E-state index contributed by atoms with van der Waals surface area (Å²) in [5.74, 6) is -0.573. The van der Waals surface area contributed by atoms with Gasteiger partial charge in [0.2, 0.25) is 5.91 Å². The normalized spacial score (nSPS) is 28.8. The van der Waals surface area contributed by atoms with Crippen LogP contribution in [-0.2, 0) is 14.3 Å². The highest BCUT2D eigenvalue weighted by atomic mass is 16.6. The molecule has 0 aromatic heterocycles. The average Bonchev–Trinajstić information content (AvgIpc) is 2.64. The molecule has 8 heteroatoms. The zero-order valence-corrected chi connectivity index (χ0v) is 11.8. The Hall–Kier alpha value is -1.79. The number of carbonyl (C=O) groups is 2. The van der Waals surface area contributed by atoms with Crippen LogP contribution >= 0.6 is 0 Å². The Bertz CT molecular complexity index is 480. The number of piperidine rings is 1. The molecule has 0 N–H and O–H groups in total. The van der Waals surface area contributed by atoms with E-state index < -0.39 is 23.0 Å². The van der Waals surface area contributed by atoms with Crippen molar-refractivity contribution < 1.29 is 19.1 Å². The SMILES string of the molecule is CC(C)(C)OC(=O)N1CC2CC(C(=O)N=[N+]=[N-])(CO2)C1. The fourth-order valence-electron chi connectivity index (χ4n) is 2.56. The van der Waals surface area contributed by atoms with Crippen LogP contribution in [0.15, 0.2) is 5.11 Å². The number of rotatable bonds is 1. The fourth-order valence-corrected chi connectivity index (χ4v) is 2.56. The molecule has 8 nitrogen and oxygen atoms in total. The monoisotopic (exact) mass is 282 g/mol. The first-order valence-electron chi connectivity index (χ1n) is 6.45. The molecule has 0 saturated carbocycles. The van der Waals surface area contributed by atoms with E-state index in [9.17, 15) is 9.59 Å². The molecule has 20 heavy (non-hydrogen) atoms. The molecule has 0 spiro atoms. The predicted octanol–water partition coefficient (Wildman–Crippen LogP) is 1.85. The quantitative estimate of drug-likeness (QED) is 0.415. The molecule has 0 radical (unpaired) electrons. The van der Waals surface area contributed by atoms with E-state index in [-0.39, 0.29) is 19.3 Å². The van der Waals surface area contributed by atoms with Gasteiger partial charge in [-0.1, -0.05) is 0 Å². The third-order valence-corrected chi connectivity index (χ3v) is 3.37. The standard InChI is InChI=1S/C12H18N4O4/c1-11(2,3)20-10(18)16-5-8-4-12(6-16,7-19-8)9(17)14-15-13/h8H,4-7H2,1-3H3. The second kappa shape index (κ2) is 4.96. The van der Waals surface area contributed by atoms with Crippen molar-refractivity contribution in [2.24, 2.45) is 10.5 Å². The van der Waals surface area contributed by atoms with Crippen LogP contribution in [0.4, 0.5) is 4.79 Å². The molecule has 2 saturated heterocycles. The minimum absolute atomic E-state index is 0.163. The molecule has 2 fully saturated rings. The van der Waals surface area contributed by atoms with Crippen molar-refractivity contribution in [3.8, 4) is 0 Å². The van der Waals surface area contributed by atoms with Crippen LogP contribution in [0.3, 0.4) is 0 Å². The number of amides is 2. The van der Waals surface area contributed by atoms with Gasteiger partial charge < -0.3 is 14.4 Å². The smallest absolute Gasteiger partial charge is 0.410 e. The molecule has 2 atom stereocenters. The molecule has 0 aromatic carbocycles. The summed E-state index contributed by atoms with van der Waals surface area (Å²) >= 11 is 0. The van der Waals surface area contributed by atoms with E-state index in [1.165, 1.54) is 4.90 Å². The lowest BCUT2D eigenvalue weighted by Gasteiger charge is -2.37. The van der Waals surface area contributed by atoms with Crippen LogP contribution in [-0.4, -0.2) is 48.3 Å². The zero-order chi connectivity index (χ0) is 15.0. The van der Waals surface area contributed by atoms with Gasteiger partial charge in [0.1, 0.15) is 5.60 Å². The lowest BCUT2D eigenvalue weighted by Crippen LogP contribution is -2.52. The van der Waals surface area contributed by atoms with E-state index in [4.69, 9.17) is 15.0 Å². The number of hydrogen-bond donors (Lipinski definition) is 0. The van der Waals surface area contributed by atoms with Crippen LogP contribution in [0.25, 0.3) is 10.4 Å². The molecule has 2 rings (SSSR count). The van der Waals surface area contributed by atoms with E-state index in [0.717, 1.165) is 0 Å². The van der Waals surface area contributed by atoms with Crippen LogP contribution in [0.5, 0.6) is 0 Å². The van der Waals surface area contributed by atoms with Crippen molar-refractivity contribution in [3.63, 3.8) is 0 Å². The Morgan fingerprint density at radius 2 is 2.20 bits per heavy atom. The molecule has 2 aliphatic heterocycles. The molecule has 2 unspecified atom stereocenters. The summed E-state index contributed by atoms with van der Waals surface area (Å²) in [6.07, 6.45) is -0.218. The van der Waals surface area contributed by atoms with Crippen molar-refractivity contribution in [3.05, 3.63) is 10.4 Å². The number of likely N-dealkylation sites (tertiary alicyclic amines) is 1. The molecule has 0 aliphatic carbocycles. The number of fused-ring (bicyclic) bond motifs is 2. The van der Waals surface area contributed by atoms with Crippen molar-refractivity contribution >= 4 is 12.0 Å². The summed E-state index contributed by atoms with van der Waals surface area (Å²) in [5.41, 5.74) is 6.88. The van der Waals surface area contributed by atoms with Gasteiger partial charge in [0.05, 0.1) is 24.7 Å². The lowest BCUT2D eigenvalue weighted by atomic mass is 9.81. The largest absolute Gasteiger partial charge is 0.444 e. The first-order chi connectivity index (χ1) is 9.26. The third-order valence-electron chi connectivity index (χ3n) is 3.37. The molecule has 2 bridgehead atoms.